The number of benzene rings is 4. The van der Waals surface area contributed by atoms with Crippen LogP contribution in [0.5, 0.6) is 5.75 Å². The van der Waals surface area contributed by atoms with Crippen LogP contribution in [0.25, 0.3) is 10.8 Å². The van der Waals surface area contributed by atoms with E-state index in [0.29, 0.717) is 22.4 Å². The maximum absolute atomic E-state index is 12.5. The zero-order chi connectivity index (χ0) is 24.6. The summed E-state index contributed by atoms with van der Waals surface area (Å²) in [5, 5.41) is 8.28. The highest BCUT2D eigenvalue weighted by atomic mass is 127. The van der Waals surface area contributed by atoms with E-state index in [1.54, 1.807) is 48.5 Å². The summed E-state index contributed by atoms with van der Waals surface area (Å²) in [6.45, 7) is -0.216. The smallest absolute Gasteiger partial charge is 0.344 e. The van der Waals surface area contributed by atoms with Gasteiger partial charge in [-0.15, -0.1) is 0 Å². The topological polar surface area (TPSA) is 96.9 Å². The molecule has 0 unspecified atom stereocenters. The van der Waals surface area contributed by atoms with Crippen LogP contribution in [0.2, 0.25) is 0 Å². The third kappa shape index (κ3) is 6.30. The predicted octanol–water partition coefficient (Wildman–Crippen LogP) is 4.54. The lowest BCUT2D eigenvalue weighted by Gasteiger charge is -2.07. The third-order valence-electron chi connectivity index (χ3n) is 5.03. The summed E-state index contributed by atoms with van der Waals surface area (Å²) in [4.78, 5) is 36.9. The Morgan fingerprint density at radius 2 is 1.51 bits per heavy atom. The van der Waals surface area contributed by atoms with Crippen molar-refractivity contribution in [3.8, 4) is 5.75 Å². The number of nitrogens with zero attached hydrogens (tertiary/aromatic N) is 1. The van der Waals surface area contributed by atoms with Gasteiger partial charge in [0.2, 0.25) is 0 Å². The van der Waals surface area contributed by atoms with Crippen molar-refractivity contribution < 1.29 is 19.1 Å². The van der Waals surface area contributed by atoms with Gasteiger partial charge in [-0.3, -0.25) is 9.59 Å². The van der Waals surface area contributed by atoms with Crippen molar-refractivity contribution in [3.05, 3.63) is 111 Å². The molecule has 4 rings (SSSR count). The fourth-order valence-corrected chi connectivity index (χ4v) is 3.92. The normalized spacial score (nSPS) is 10.8. The van der Waals surface area contributed by atoms with Crippen LogP contribution >= 0.6 is 22.6 Å². The van der Waals surface area contributed by atoms with Gasteiger partial charge in [0.25, 0.3) is 11.8 Å². The molecule has 0 aromatic heterocycles. The van der Waals surface area contributed by atoms with Gasteiger partial charge in [-0.2, -0.15) is 5.10 Å². The second-order valence-electron chi connectivity index (χ2n) is 7.44. The fraction of sp³-hybridized carbons (Fsp3) is 0.0370. The molecule has 4 aromatic rings. The van der Waals surface area contributed by atoms with E-state index in [0.717, 1.165) is 14.3 Å². The minimum Gasteiger partial charge on any atom is -0.423 e. The average Bonchev–Trinajstić information content (AvgIpc) is 2.88. The van der Waals surface area contributed by atoms with Gasteiger partial charge in [-0.25, -0.2) is 10.2 Å². The first-order valence-electron chi connectivity index (χ1n) is 10.7. The number of esters is 1. The van der Waals surface area contributed by atoms with Crippen LogP contribution in [0.3, 0.4) is 0 Å². The fourth-order valence-electron chi connectivity index (χ4n) is 3.31. The molecule has 8 heteroatoms. The van der Waals surface area contributed by atoms with Gasteiger partial charge in [0.15, 0.2) is 0 Å². The number of hydrogen-bond donors (Lipinski definition) is 2. The lowest BCUT2D eigenvalue weighted by Crippen LogP contribution is -2.35. The molecule has 0 atom stereocenters. The Bertz CT molecular complexity index is 1410. The number of carbonyl (C=O) groups excluding carboxylic acids is 3. The van der Waals surface area contributed by atoms with Gasteiger partial charge in [-0.05, 0) is 81.4 Å². The van der Waals surface area contributed by atoms with E-state index >= 15 is 0 Å². The number of nitrogens with one attached hydrogen (secondary N) is 2. The lowest BCUT2D eigenvalue weighted by atomic mass is 10.0. The van der Waals surface area contributed by atoms with Crippen LogP contribution in [0, 0.1) is 3.57 Å². The first kappa shape index (κ1) is 24.1. The molecule has 35 heavy (non-hydrogen) atoms. The van der Waals surface area contributed by atoms with Crippen molar-refractivity contribution in [1.82, 2.24) is 10.7 Å². The molecule has 0 radical (unpaired) electrons. The zero-order valence-electron chi connectivity index (χ0n) is 18.4. The number of halogens is 1. The molecule has 0 aliphatic rings. The molecule has 2 amide bonds. The summed E-state index contributed by atoms with van der Waals surface area (Å²) >= 11 is 2.08. The van der Waals surface area contributed by atoms with Crippen LogP contribution < -0.4 is 15.5 Å². The molecule has 2 N–H and O–H groups in total. The maximum atomic E-state index is 12.5. The first-order chi connectivity index (χ1) is 17.0. The van der Waals surface area contributed by atoms with Gasteiger partial charge in [0.1, 0.15) is 5.75 Å². The number of amides is 2. The van der Waals surface area contributed by atoms with Gasteiger partial charge < -0.3 is 10.1 Å². The minimum absolute atomic E-state index is 0.216. The molecule has 0 saturated heterocycles. The Morgan fingerprint density at radius 1 is 0.829 bits per heavy atom. The van der Waals surface area contributed by atoms with Crippen LogP contribution in [0.1, 0.15) is 26.3 Å². The van der Waals surface area contributed by atoms with Gasteiger partial charge >= 0.3 is 5.97 Å². The van der Waals surface area contributed by atoms with Crippen LogP contribution in [-0.4, -0.2) is 30.5 Å². The molecule has 0 bridgehead atoms. The van der Waals surface area contributed by atoms with E-state index in [2.05, 4.69) is 38.4 Å². The monoisotopic (exact) mass is 577 g/mol. The van der Waals surface area contributed by atoms with Crippen molar-refractivity contribution in [3.63, 3.8) is 0 Å². The Hall–Kier alpha value is -4.05. The van der Waals surface area contributed by atoms with Gasteiger partial charge in [-0.1, -0.05) is 48.5 Å². The number of carbonyl (C=O) groups is 3. The number of hydrogen-bond acceptors (Lipinski definition) is 5. The van der Waals surface area contributed by atoms with E-state index in [1.165, 1.54) is 6.21 Å². The van der Waals surface area contributed by atoms with E-state index in [9.17, 15) is 14.4 Å². The molecule has 7 nitrogen and oxygen atoms in total. The zero-order valence-corrected chi connectivity index (χ0v) is 20.6. The minimum atomic E-state index is -0.460. The Labute approximate surface area is 215 Å². The first-order valence-corrected chi connectivity index (χ1v) is 11.7. The number of fused-ring (bicyclic) bond motifs is 1. The quantitative estimate of drug-likeness (QED) is 0.111. The maximum Gasteiger partial charge on any atom is 0.344 e. The summed E-state index contributed by atoms with van der Waals surface area (Å²) in [5.74, 6) is -0.838. The van der Waals surface area contributed by atoms with E-state index in [4.69, 9.17) is 4.74 Å². The Morgan fingerprint density at radius 3 is 2.31 bits per heavy atom. The summed E-state index contributed by atoms with van der Waals surface area (Å²) in [6, 6.07) is 26.9. The third-order valence-corrected chi connectivity index (χ3v) is 5.97. The molecular formula is C27H20IN3O4. The summed E-state index contributed by atoms with van der Waals surface area (Å²) in [6.07, 6.45) is 1.45. The number of ether oxygens (including phenoxy) is 1. The van der Waals surface area contributed by atoms with E-state index in [1.807, 2.05) is 42.5 Å². The van der Waals surface area contributed by atoms with E-state index < -0.39 is 11.9 Å². The molecule has 0 spiro atoms. The van der Waals surface area contributed by atoms with Crippen molar-refractivity contribution in [1.29, 1.82) is 0 Å². The molecule has 0 saturated carbocycles. The van der Waals surface area contributed by atoms with Crippen LogP contribution in [0.4, 0.5) is 0 Å². The highest BCUT2D eigenvalue weighted by Crippen LogP contribution is 2.19. The molecule has 174 valence electrons. The summed E-state index contributed by atoms with van der Waals surface area (Å²) in [5.41, 5.74) is 4.07. The van der Waals surface area contributed by atoms with Gasteiger partial charge in [0, 0.05) is 9.13 Å². The SMILES string of the molecule is O=C(CNC(=O)c1cccc2ccccc12)N/N=C/c1ccc(OC(=O)c2ccccc2I)cc1. The summed E-state index contributed by atoms with van der Waals surface area (Å²) in [7, 11) is 0. The standard InChI is InChI=1S/C27H20IN3O4/c28-24-11-4-3-9-23(24)27(34)35-20-14-12-18(13-15-20)16-30-31-25(32)17-29-26(33)22-10-5-7-19-6-1-2-8-21(19)22/h1-16H,17H2,(H,29,33)(H,31,32)/b30-16+. The average molecular weight is 577 g/mol. The molecule has 4 aromatic carbocycles. The lowest BCUT2D eigenvalue weighted by molar-refractivity contribution is -0.120. The van der Waals surface area contributed by atoms with Crippen molar-refractivity contribution >= 4 is 57.4 Å². The molecule has 0 fully saturated rings. The Balaban J connectivity index is 1.26. The van der Waals surface area contributed by atoms with Crippen LogP contribution in [0.15, 0.2) is 96.1 Å². The van der Waals surface area contributed by atoms with Crippen molar-refractivity contribution in [2.45, 2.75) is 0 Å². The number of rotatable bonds is 7. The van der Waals surface area contributed by atoms with Crippen LogP contribution in [-0.2, 0) is 4.79 Å². The van der Waals surface area contributed by atoms with Gasteiger partial charge in [0.05, 0.1) is 18.3 Å². The highest BCUT2D eigenvalue weighted by Gasteiger charge is 2.12. The molecule has 0 aliphatic carbocycles. The number of hydrazone groups is 1. The Kier molecular flexibility index (Phi) is 7.84. The molecule has 0 aliphatic heterocycles. The predicted molar refractivity (Wildman–Crippen MR) is 143 cm³/mol. The van der Waals surface area contributed by atoms with Crippen molar-refractivity contribution in [2.75, 3.05) is 6.54 Å². The second-order valence-corrected chi connectivity index (χ2v) is 8.60. The highest BCUT2D eigenvalue weighted by molar-refractivity contribution is 14.1. The van der Waals surface area contributed by atoms with E-state index in [-0.39, 0.29) is 12.5 Å². The largest absolute Gasteiger partial charge is 0.423 e. The second kappa shape index (κ2) is 11.4. The van der Waals surface area contributed by atoms with Crippen molar-refractivity contribution in [2.24, 2.45) is 5.10 Å². The molecule has 0 heterocycles. The summed E-state index contributed by atoms with van der Waals surface area (Å²) < 4.78 is 6.21. The molecular weight excluding hydrogens is 557 g/mol.